The Labute approximate surface area is 105 Å². The molecule has 0 bridgehead atoms. The van der Waals surface area contributed by atoms with Gasteiger partial charge in [-0.25, -0.2) is 0 Å². The molecule has 1 aliphatic heterocycles. The number of carbonyl (C=O) groups excluding carboxylic acids is 1. The molecule has 1 fully saturated rings. The molecule has 1 atom stereocenters. The average molecular weight is 255 g/mol. The first-order valence-corrected chi connectivity index (χ1v) is 6.68. The van der Waals surface area contributed by atoms with Crippen LogP contribution in [0.25, 0.3) is 0 Å². The molecule has 94 valence electrons. The number of esters is 1. The van der Waals surface area contributed by atoms with Crippen molar-refractivity contribution in [2.45, 2.75) is 19.5 Å². The summed E-state index contributed by atoms with van der Waals surface area (Å²) in [5.41, 5.74) is 1.82. The highest BCUT2D eigenvalue weighted by atomic mass is 32.1. The fraction of sp³-hybridized carbons (Fsp3) is 0.636. The zero-order chi connectivity index (χ0) is 12.1. The first-order valence-electron chi connectivity index (χ1n) is 5.80. The standard InChI is InChI=1S/C11H17N3O2S/c1-2-16-11(15)10-6-12-3-4-14(10)7-9-5-13-8-17-9/h5,8,10,12H,2-4,6-7H2,1H3. The van der Waals surface area contributed by atoms with Crippen LogP contribution in [-0.4, -0.2) is 48.1 Å². The number of nitrogens with zero attached hydrogens (tertiary/aromatic N) is 2. The summed E-state index contributed by atoms with van der Waals surface area (Å²) in [7, 11) is 0. The van der Waals surface area contributed by atoms with Crippen molar-refractivity contribution in [2.75, 3.05) is 26.2 Å². The summed E-state index contributed by atoms with van der Waals surface area (Å²) in [6.45, 7) is 5.48. The van der Waals surface area contributed by atoms with Crippen LogP contribution in [-0.2, 0) is 16.1 Å². The zero-order valence-electron chi connectivity index (χ0n) is 9.89. The highest BCUT2D eigenvalue weighted by Crippen LogP contribution is 2.14. The Morgan fingerprint density at radius 3 is 3.35 bits per heavy atom. The van der Waals surface area contributed by atoms with Crippen LogP contribution < -0.4 is 5.32 Å². The molecule has 1 aromatic heterocycles. The molecule has 1 aliphatic rings. The van der Waals surface area contributed by atoms with E-state index >= 15 is 0 Å². The van der Waals surface area contributed by atoms with Gasteiger partial charge in [0.05, 0.1) is 12.1 Å². The van der Waals surface area contributed by atoms with Crippen molar-refractivity contribution in [3.63, 3.8) is 0 Å². The van der Waals surface area contributed by atoms with Gasteiger partial charge in [0.2, 0.25) is 0 Å². The van der Waals surface area contributed by atoms with E-state index in [0.717, 1.165) is 19.6 Å². The van der Waals surface area contributed by atoms with E-state index in [1.165, 1.54) is 4.88 Å². The van der Waals surface area contributed by atoms with Crippen molar-refractivity contribution in [2.24, 2.45) is 0 Å². The number of thiazole rings is 1. The SMILES string of the molecule is CCOC(=O)C1CNCCN1Cc1cncs1. The fourth-order valence-corrected chi connectivity index (χ4v) is 2.55. The number of carbonyl (C=O) groups is 1. The predicted octanol–water partition coefficient (Wildman–Crippen LogP) is 0.480. The largest absolute Gasteiger partial charge is 0.465 e. The molecule has 1 aromatic rings. The minimum atomic E-state index is -0.175. The molecule has 2 heterocycles. The molecule has 6 heteroatoms. The Bertz CT molecular complexity index is 356. The van der Waals surface area contributed by atoms with E-state index in [1.54, 1.807) is 11.3 Å². The summed E-state index contributed by atoms with van der Waals surface area (Å²) in [5, 5.41) is 3.23. The number of hydrogen-bond acceptors (Lipinski definition) is 6. The molecule has 0 aromatic carbocycles. The molecule has 0 saturated carbocycles. The molecular weight excluding hydrogens is 238 g/mol. The van der Waals surface area contributed by atoms with Gasteiger partial charge in [0.15, 0.2) is 0 Å². The Balaban J connectivity index is 1.99. The summed E-state index contributed by atoms with van der Waals surface area (Å²) < 4.78 is 5.10. The lowest BCUT2D eigenvalue weighted by Gasteiger charge is -2.33. The van der Waals surface area contributed by atoms with Gasteiger partial charge in [0, 0.05) is 37.3 Å². The maximum absolute atomic E-state index is 11.8. The van der Waals surface area contributed by atoms with E-state index in [2.05, 4.69) is 15.2 Å². The molecule has 5 nitrogen and oxygen atoms in total. The Morgan fingerprint density at radius 2 is 2.65 bits per heavy atom. The van der Waals surface area contributed by atoms with Crippen LogP contribution in [0.15, 0.2) is 11.7 Å². The smallest absolute Gasteiger partial charge is 0.324 e. The van der Waals surface area contributed by atoms with Crippen LogP contribution in [0.1, 0.15) is 11.8 Å². The third kappa shape index (κ3) is 3.24. The predicted molar refractivity (Wildman–Crippen MR) is 65.8 cm³/mol. The summed E-state index contributed by atoms with van der Waals surface area (Å²) in [6, 6.07) is -0.175. The van der Waals surface area contributed by atoms with E-state index < -0.39 is 0 Å². The normalized spacial score (nSPS) is 21.4. The monoisotopic (exact) mass is 255 g/mol. The van der Waals surface area contributed by atoms with Crippen LogP contribution in [0.3, 0.4) is 0 Å². The highest BCUT2D eigenvalue weighted by molar-refractivity contribution is 7.09. The van der Waals surface area contributed by atoms with Crippen LogP contribution >= 0.6 is 11.3 Å². The van der Waals surface area contributed by atoms with E-state index in [4.69, 9.17) is 4.74 Å². The topological polar surface area (TPSA) is 54.5 Å². The number of piperazine rings is 1. The lowest BCUT2D eigenvalue weighted by molar-refractivity contribution is -0.150. The molecule has 0 aliphatic carbocycles. The van der Waals surface area contributed by atoms with Crippen LogP contribution in [0.5, 0.6) is 0 Å². The van der Waals surface area contributed by atoms with Gasteiger partial charge in [-0.15, -0.1) is 11.3 Å². The van der Waals surface area contributed by atoms with E-state index in [1.807, 2.05) is 18.6 Å². The van der Waals surface area contributed by atoms with Gasteiger partial charge in [-0.1, -0.05) is 0 Å². The molecule has 17 heavy (non-hydrogen) atoms. The number of nitrogens with one attached hydrogen (secondary N) is 1. The van der Waals surface area contributed by atoms with Crippen LogP contribution in [0.4, 0.5) is 0 Å². The van der Waals surface area contributed by atoms with Crippen molar-refractivity contribution in [3.05, 3.63) is 16.6 Å². The first kappa shape index (κ1) is 12.5. The molecule has 1 unspecified atom stereocenters. The maximum atomic E-state index is 11.8. The number of hydrogen-bond donors (Lipinski definition) is 1. The second kappa shape index (κ2) is 6.09. The third-order valence-corrected chi connectivity index (χ3v) is 3.52. The van der Waals surface area contributed by atoms with Crippen molar-refractivity contribution in [3.8, 4) is 0 Å². The van der Waals surface area contributed by atoms with Crippen molar-refractivity contribution >= 4 is 17.3 Å². The van der Waals surface area contributed by atoms with E-state index in [0.29, 0.717) is 13.2 Å². The van der Waals surface area contributed by atoms with Crippen molar-refractivity contribution < 1.29 is 9.53 Å². The van der Waals surface area contributed by atoms with Gasteiger partial charge in [0.1, 0.15) is 6.04 Å². The fourth-order valence-electron chi connectivity index (χ4n) is 1.93. The first-order chi connectivity index (χ1) is 8.31. The summed E-state index contributed by atoms with van der Waals surface area (Å²) in [5.74, 6) is -0.135. The number of rotatable bonds is 4. The summed E-state index contributed by atoms with van der Waals surface area (Å²) >= 11 is 1.62. The molecule has 2 rings (SSSR count). The quantitative estimate of drug-likeness (QED) is 0.793. The van der Waals surface area contributed by atoms with Crippen LogP contribution in [0.2, 0.25) is 0 Å². The van der Waals surface area contributed by atoms with Gasteiger partial charge in [-0.3, -0.25) is 14.7 Å². The molecule has 0 radical (unpaired) electrons. The average Bonchev–Trinajstić information content (AvgIpc) is 2.83. The summed E-state index contributed by atoms with van der Waals surface area (Å²) in [6.07, 6.45) is 1.86. The van der Waals surface area contributed by atoms with E-state index in [-0.39, 0.29) is 12.0 Å². The Hall–Kier alpha value is -0.980. The zero-order valence-corrected chi connectivity index (χ0v) is 10.7. The minimum Gasteiger partial charge on any atom is -0.465 e. The Kier molecular flexibility index (Phi) is 4.47. The Morgan fingerprint density at radius 1 is 1.76 bits per heavy atom. The maximum Gasteiger partial charge on any atom is 0.324 e. The van der Waals surface area contributed by atoms with Crippen molar-refractivity contribution in [1.82, 2.24) is 15.2 Å². The van der Waals surface area contributed by atoms with Gasteiger partial charge in [-0.2, -0.15) is 0 Å². The number of aromatic nitrogens is 1. The van der Waals surface area contributed by atoms with Gasteiger partial charge >= 0.3 is 5.97 Å². The second-order valence-corrected chi connectivity index (χ2v) is 4.88. The highest BCUT2D eigenvalue weighted by Gasteiger charge is 2.29. The second-order valence-electron chi connectivity index (χ2n) is 3.91. The molecule has 0 spiro atoms. The minimum absolute atomic E-state index is 0.135. The van der Waals surface area contributed by atoms with Crippen molar-refractivity contribution in [1.29, 1.82) is 0 Å². The van der Waals surface area contributed by atoms with E-state index in [9.17, 15) is 4.79 Å². The molecule has 1 N–H and O–H groups in total. The summed E-state index contributed by atoms with van der Waals surface area (Å²) in [4.78, 5) is 19.2. The third-order valence-electron chi connectivity index (χ3n) is 2.76. The molecule has 0 amide bonds. The van der Waals surface area contributed by atoms with Crippen LogP contribution in [0, 0.1) is 0 Å². The molecular formula is C11H17N3O2S. The van der Waals surface area contributed by atoms with Gasteiger partial charge < -0.3 is 10.1 Å². The number of ether oxygens (including phenoxy) is 1. The molecule has 1 saturated heterocycles. The lowest BCUT2D eigenvalue weighted by Crippen LogP contribution is -2.54. The van der Waals surface area contributed by atoms with Gasteiger partial charge in [0.25, 0.3) is 0 Å². The van der Waals surface area contributed by atoms with Gasteiger partial charge in [-0.05, 0) is 6.92 Å². The lowest BCUT2D eigenvalue weighted by atomic mass is 10.2.